The Labute approximate surface area is 122 Å². The van der Waals surface area contributed by atoms with Gasteiger partial charge in [-0.25, -0.2) is 0 Å². The molecule has 19 heavy (non-hydrogen) atoms. The van der Waals surface area contributed by atoms with E-state index >= 15 is 0 Å². The number of hydrogen-bond acceptors (Lipinski definition) is 3. The molecule has 4 nitrogen and oxygen atoms in total. The van der Waals surface area contributed by atoms with Gasteiger partial charge in [0.1, 0.15) is 0 Å². The van der Waals surface area contributed by atoms with E-state index in [1.807, 2.05) is 6.92 Å². The second kappa shape index (κ2) is 7.36. The molecule has 0 heterocycles. The molecule has 0 fully saturated rings. The number of carbonyl (C=O) groups is 2. The first-order valence-electron chi connectivity index (χ1n) is 5.85. The van der Waals surface area contributed by atoms with Crippen LogP contribution in [0.3, 0.4) is 0 Å². The molecular weight excluding hydrogens is 289 g/mol. The molecular formula is C13H15Cl2NO3. The number of benzene rings is 1. The average molecular weight is 304 g/mol. The zero-order valence-electron chi connectivity index (χ0n) is 10.8. The van der Waals surface area contributed by atoms with Crippen molar-refractivity contribution < 1.29 is 14.3 Å². The minimum Gasteiger partial charge on any atom is -0.456 e. The molecule has 0 atom stereocenters. The monoisotopic (exact) mass is 303 g/mol. The van der Waals surface area contributed by atoms with Crippen LogP contribution in [0.1, 0.15) is 25.3 Å². The summed E-state index contributed by atoms with van der Waals surface area (Å²) in [6.07, 6.45) is 0.967. The molecule has 0 saturated carbocycles. The minimum atomic E-state index is -0.473. The van der Waals surface area contributed by atoms with Crippen LogP contribution in [0.25, 0.3) is 0 Å². The van der Waals surface area contributed by atoms with Crippen LogP contribution in [0.4, 0.5) is 5.69 Å². The molecule has 1 aromatic rings. The van der Waals surface area contributed by atoms with E-state index in [-0.39, 0.29) is 6.61 Å². The Morgan fingerprint density at radius 1 is 1.32 bits per heavy atom. The maximum atomic E-state index is 11.6. The highest BCUT2D eigenvalue weighted by Crippen LogP contribution is 2.32. The van der Waals surface area contributed by atoms with Crippen molar-refractivity contribution in [1.29, 1.82) is 0 Å². The minimum absolute atomic E-state index is 0.291. The van der Waals surface area contributed by atoms with Crippen molar-refractivity contribution in [2.75, 3.05) is 11.9 Å². The van der Waals surface area contributed by atoms with Crippen LogP contribution >= 0.6 is 23.2 Å². The van der Waals surface area contributed by atoms with Crippen LogP contribution in [-0.2, 0) is 14.3 Å². The lowest BCUT2D eigenvalue weighted by molar-refractivity contribution is -0.147. The van der Waals surface area contributed by atoms with Gasteiger partial charge in [0.25, 0.3) is 5.91 Å². The maximum Gasteiger partial charge on any atom is 0.306 e. The van der Waals surface area contributed by atoms with Crippen LogP contribution in [-0.4, -0.2) is 18.5 Å². The van der Waals surface area contributed by atoms with E-state index < -0.39 is 11.9 Å². The van der Waals surface area contributed by atoms with Gasteiger partial charge in [0.15, 0.2) is 6.61 Å². The lowest BCUT2D eigenvalue weighted by Crippen LogP contribution is -2.21. The van der Waals surface area contributed by atoms with Crippen molar-refractivity contribution in [3.8, 4) is 0 Å². The predicted molar refractivity (Wildman–Crippen MR) is 75.7 cm³/mol. The molecule has 0 saturated heterocycles. The molecule has 0 aliphatic carbocycles. The first-order chi connectivity index (χ1) is 8.95. The number of hydrogen-bond donors (Lipinski definition) is 1. The van der Waals surface area contributed by atoms with Gasteiger partial charge in [0, 0.05) is 6.42 Å². The summed E-state index contributed by atoms with van der Waals surface area (Å²) in [6.45, 7) is 3.31. The van der Waals surface area contributed by atoms with Crippen molar-refractivity contribution in [3.05, 3.63) is 27.7 Å². The van der Waals surface area contributed by atoms with E-state index in [9.17, 15) is 9.59 Å². The third kappa shape index (κ3) is 4.73. The third-order valence-corrected chi connectivity index (χ3v) is 3.17. The molecule has 0 radical (unpaired) electrons. The summed E-state index contributed by atoms with van der Waals surface area (Å²) in [7, 11) is 0. The molecule has 1 N–H and O–H groups in total. The predicted octanol–water partition coefficient (Wildman–Crippen LogP) is 3.58. The lowest BCUT2D eigenvalue weighted by atomic mass is 10.2. The molecule has 0 unspecified atom stereocenters. The summed E-state index contributed by atoms with van der Waals surface area (Å²) in [5.41, 5.74) is 1.13. The Morgan fingerprint density at radius 3 is 2.63 bits per heavy atom. The maximum absolute atomic E-state index is 11.6. The number of nitrogens with one attached hydrogen (secondary N) is 1. The molecule has 0 aromatic heterocycles. The molecule has 0 aliphatic heterocycles. The fourth-order valence-electron chi connectivity index (χ4n) is 1.37. The molecule has 1 rings (SSSR count). The SMILES string of the molecule is CCCC(=O)OCC(=O)Nc1c(Cl)ccc(C)c1Cl. The molecule has 6 heteroatoms. The third-order valence-electron chi connectivity index (χ3n) is 2.37. The molecule has 1 aromatic carbocycles. The number of carbonyl (C=O) groups excluding carboxylic acids is 2. The van der Waals surface area contributed by atoms with E-state index in [1.165, 1.54) is 0 Å². The Bertz CT molecular complexity index is 489. The van der Waals surface area contributed by atoms with Crippen molar-refractivity contribution in [2.24, 2.45) is 0 Å². The summed E-state index contributed by atoms with van der Waals surface area (Å²) in [5.74, 6) is -0.877. The number of halogens is 2. The quantitative estimate of drug-likeness (QED) is 0.846. The number of aryl methyl sites for hydroxylation is 1. The summed E-state index contributed by atoms with van der Waals surface area (Å²) < 4.78 is 4.79. The van der Waals surface area contributed by atoms with Gasteiger partial charge in [-0.05, 0) is 25.0 Å². The van der Waals surface area contributed by atoms with Crippen LogP contribution < -0.4 is 5.32 Å². The number of rotatable bonds is 5. The van der Waals surface area contributed by atoms with Crippen molar-refractivity contribution >= 4 is 40.8 Å². The van der Waals surface area contributed by atoms with Gasteiger partial charge in [0.2, 0.25) is 0 Å². The highest BCUT2D eigenvalue weighted by atomic mass is 35.5. The Morgan fingerprint density at radius 2 is 2.00 bits per heavy atom. The number of amides is 1. The number of esters is 1. The second-order valence-corrected chi connectivity index (χ2v) is 4.80. The van der Waals surface area contributed by atoms with Crippen molar-refractivity contribution in [1.82, 2.24) is 0 Å². The topological polar surface area (TPSA) is 55.4 Å². The van der Waals surface area contributed by atoms with Gasteiger partial charge in [-0.15, -0.1) is 0 Å². The van der Waals surface area contributed by atoms with Crippen LogP contribution in [0.15, 0.2) is 12.1 Å². The zero-order valence-corrected chi connectivity index (χ0v) is 12.3. The summed E-state index contributed by atoms with van der Waals surface area (Å²) in [4.78, 5) is 22.8. The summed E-state index contributed by atoms with van der Waals surface area (Å²) >= 11 is 12.0. The van der Waals surface area contributed by atoms with E-state index in [0.29, 0.717) is 28.6 Å². The molecule has 1 amide bonds. The van der Waals surface area contributed by atoms with E-state index in [1.54, 1.807) is 19.1 Å². The van der Waals surface area contributed by atoms with E-state index in [4.69, 9.17) is 27.9 Å². The number of anilines is 1. The lowest BCUT2D eigenvalue weighted by Gasteiger charge is -2.11. The first-order valence-corrected chi connectivity index (χ1v) is 6.61. The average Bonchev–Trinajstić information content (AvgIpc) is 2.37. The molecule has 0 bridgehead atoms. The van der Waals surface area contributed by atoms with Gasteiger partial charge >= 0.3 is 5.97 Å². The molecule has 0 spiro atoms. The van der Waals surface area contributed by atoms with Crippen molar-refractivity contribution in [2.45, 2.75) is 26.7 Å². The van der Waals surface area contributed by atoms with Crippen LogP contribution in [0.2, 0.25) is 10.0 Å². The normalized spacial score (nSPS) is 10.1. The van der Waals surface area contributed by atoms with Crippen molar-refractivity contribution in [3.63, 3.8) is 0 Å². The first kappa shape index (κ1) is 15.8. The highest BCUT2D eigenvalue weighted by Gasteiger charge is 2.13. The standard InChI is InChI=1S/C13H15Cl2NO3/c1-3-4-11(18)19-7-10(17)16-13-9(14)6-5-8(2)12(13)15/h5-6H,3-4,7H2,1-2H3,(H,16,17). The Kier molecular flexibility index (Phi) is 6.12. The fourth-order valence-corrected chi connectivity index (χ4v) is 1.83. The van der Waals surface area contributed by atoms with Crippen LogP contribution in [0.5, 0.6) is 0 Å². The number of ether oxygens (including phenoxy) is 1. The van der Waals surface area contributed by atoms with Crippen LogP contribution in [0, 0.1) is 6.92 Å². The highest BCUT2D eigenvalue weighted by molar-refractivity contribution is 6.40. The molecule has 104 valence electrons. The summed E-state index contributed by atoms with van der Waals surface area (Å²) in [5, 5.41) is 3.25. The van der Waals surface area contributed by atoms with Gasteiger partial charge in [0.05, 0.1) is 15.7 Å². The van der Waals surface area contributed by atoms with Gasteiger partial charge in [-0.1, -0.05) is 36.2 Å². The Balaban J connectivity index is 2.63. The smallest absolute Gasteiger partial charge is 0.306 e. The Hall–Kier alpha value is -1.26. The van der Waals surface area contributed by atoms with Gasteiger partial charge in [-0.2, -0.15) is 0 Å². The summed E-state index contributed by atoms with van der Waals surface area (Å²) in [6, 6.07) is 3.39. The second-order valence-electron chi connectivity index (χ2n) is 4.01. The van der Waals surface area contributed by atoms with E-state index in [2.05, 4.69) is 5.32 Å². The van der Waals surface area contributed by atoms with Gasteiger partial charge in [-0.3, -0.25) is 9.59 Å². The zero-order chi connectivity index (χ0) is 14.4. The molecule has 0 aliphatic rings. The fraction of sp³-hybridized carbons (Fsp3) is 0.385. The van der Waals surface area contributed by atoms with E-state index in [0.717, 1.165) is 5.56 Å². The van der Waals surface area contributed by atoms with Gasteiger partial charge < -0.3 is 10.1 Å². The largest absolute Gasteiger partial charge is 0.456 e.